The lowest BCUT2D eigenvalue weighted by molar-refractivity contribution is -0.384. The van der Waals surface area contributed by atoms with Crippen LogP contribution in [0.15, 0.2) is 53.4 Å². The SMILES string of the molecule is O=[N+]([O-])c1cccc(S(=O)(=O)NO)c1-c1ccccc1. The van der Waals surface area contributed by atoms with Crippen molar-refractivity contribution in [3.05, 3.63) is 58.6 Å². The van der Waals surface area contributed by atoms with Gasteiger partial charge in [-0.3, -0.25) is 10.1 Å². The molecule has 0 aliphatic rings. The molecule has 8 heteroatoms. The van der Waals surface area contributed by atoms with Gasteiger partial charge in [0.05, 0.1) is 15.4 Å². The van der Waals surface area contributed by atoms with Gasteiger partial charge in [0.15, 0.2) is 0 Å². The fraction of sp³-hybridized carbons (Fsp3) is 0. The van der Waals surface area contributed by atoms with Crippen molar-refractivity contribution >= 4 is 15.7 Å². The molecule has 2 aromatic rings. The van der Waals surface area contributed by atoms with E-state index in [1.165, 1.54) is 23.1 Å². The topological polar surface area (TPSA) is 110 Å². The summed E-state index contributed by atoms with van der Waals surface area (Å²) in [7, 11) is -4.23. The van der Waals surface area contributed by atoms with Gasteiger partial charge in [-0.25, -0.2) is 8.42 Å². The quantitative estimate of drug-likeness (QED) is 0.661. The van der Waals surface area contributed by atoms with Crippen LogP contribution in [-0.4, -0.2) is 18.5 Å². The third-order valence-electron chi connectivity index (χ3n) is 2.67. The number of hydrogen-bond donors (Lipinski definition) is 2. The summed E-state index contributed by atoms with van der Waals surface area (Å²) in [4.78, 5) is 11.2. The number of nitrogens with one attached hydrogen (secondary N) is 1. The molecule has 0 saturated heterocycles. The molecule has 0 saturated carbocycles. The van der Waals surface area contributed by atoms with Crippen LogP contribution >= 0.6 is 0 Å². The zero-order valence-electron chi connectivity index (χ0n) is 10.1. The maximum Gasteiger partial charge on any atom is 0.278 e. The maximum atomic E-state index is 11.8. The minimum Gasteiger partial charge on any atom is -0.302 e. The van der Waals surface area contributed by atoms with Crippen molar-refractivity contribution in [2.75, 3.05) is 0 Å². The van der Waals surface area contributed by atoms with E-state index in [1.807, 2.05) is 0 Å². The molecule has 104 valence electrons. The number of nitrogens with zero attached hydrogens (tertiary/aromatic N) is 1. The number of benzene rings is 2. The molecule has 0 atom stereocenters. The van der Waals surface area contributed by atoms with Gasteiger partial charge in [-0.05, 0) is 11.6 Å². The van der Waals surface area contributed by atoms with E-state index in [4.69, 9.17) is 5.21 Å². The summed E-state index contributed by atoms with van der Waals surface area (Å²) in [6.45, 7) is 0. The number of nitro benzene ring substituents is 1. The lowest BCUT2D eigenvalue weighted by Gasteiger charge is -2.09. The first-order chi connectivity index (χ1) is 9.47. The third kappa shape index (κ3) is 2.52. The van der Waals surface area contributed by atoms with Gasteiger partial charge in [-0.15, -0.1) is 0 Å². The Hall–Kier alpha value is -2.29. The Labute approximate surface area is 114 Å². The summed E-state index contributed by atoms with van der Waals surface area (Å²) < 4.78 is 23.6. The largest absolute Gasteiger partial charge is 0.302 e. The summed E-state index contributed by atoms with van der Waals surface area (Å²) in [5.41, 5.74) is -0.0548. The molecule has 0 unspecified atom stereocenters. The zero-order chi connectivity index (χ0) is 14.8. The van der Waals surface area contributed by atoms with Crippen molar-refractivity contribution in [1.29, 1.82) is 0 Å². The Kier molecular flexibility index (Phi) is 3.79. The van der Waals surface area contributed by atoms with Crippen LogP contribution in [0.2, 0.25) is 0 Å². The average Bonchev–Trinajstić information content (AvgIpc) is 2.47. The van der Waals surface area contributed by atoms with E-state index in [-0.39, 0.29) is 16.1 Å². The number of hydrogen-bond acceptors (Lipinski definition) is 5. The molecule has 0 aliphatic carbocycles. The number of sulfonamides is 1. The van der Waals surface area contributed by atoms with Gasteiger partial charge in [0.2, 0.25) is 0 Å². The summed E-state index contributed by atoms with van der Waals surface area (Å²) >= 11 is 0. The van der Waals surface area contributed by atoms with E-state index in [0.717, 1.165) is 0 Å². The Balaban J connectivity index is 2.84. The highest BCUT2D eigenvalue weighted by atomic mass is 32.2. The van der Waals surface area contributed by atoms with E-state index in [0.29, 0.717) is 5.56 Å². The Morgan fingerprint density at radius 1 is 1.05 bits per heavy atom. The van der Waals surface area contributed by atoms with E-state index in [1.54, 1.807) is 30.3 Å². The molecular weight excluding hydrogens is 284 g/mol. The standard InChI is InChI=1S/C12H10N2O5S/c15-13-20(18,19)11-8-4-7-10(14(16)17)12(11)9-5-2-1-3-6-9/h1-8,13,15H. The van der Waals surface area contributed by atoms with Gasteiger partial charge in [0, 0.05) is 6.07 Å². The van der Waals surface area contributed by atoms with E-state index in [9.17, 15) is 18.5 Å². The molecule has 2 rings (SSSR count). The second-order valence-electron chi connectivity index (χ2n) is 3.87. The summed E-state index contributed by atoms with van der Waals surface area (Å²) in [5, 5.41) is 19.8. The van der Waals surface area contributed by atoms with Gasteiger partial charge >= 0.3 is 0 Å². The lowest BCUT2D eigenvalue weighted by atomic mass is 10.0. The van der Waals surface area contributed by atoms with Crippen molar-refractivity contribution < 1.29 is 18.5 Å². The van der Waals surface area contributed by atoms with Gasteiger partial charge in [0.25, 0.3) is 15.7 Å². The van der Waals surface area contributed by atoms with Crippen molar-refractivity contribution in [3.8, 4) is 11.1 Å². The lowest BCUT2D eigenvalue weighted by Crippen LogP contribution is -2.20. The fourth-order valence-electron chi connectivity index (χ4n) is 1.84. The Morgan fingerprint density at radius 2 is 1.70 bits per heavy atom. The number of nitro groups is 1. The first-order valence-electron chi connectivity index (χ1n) is 5.46. The second-order valence-corrected chi connectivity index (χ2v) is 5.50. The Morgan fingerprint density at radius 3 is 2.25 bits per heavy atom. The monoisotopic (exact) mass is 294 g/mol. The van der Waals surface area contributed by atoms with Crippen LogP contribution in [0.25, 0.3) is 11.1 Å². The van der Waals surface area contributed by atoms with Gasteiger partial charge in [0.1, 0.15) is 0 Å². The predicted molar refractivity (Wildman–Crippen MR) is 70.6 cm³/mol. The van der Waals surface area contributed by atoms with Crippen LogP contribution in [-0.2, 0) is 10.0 Å². The van der Waals surface area contributed by atoms with Crippen molar-refractivity contribution in [1.82, 2.24) is 4.89 Å². The Bertz CT molecular complexity index is 744. The first kappa shape index (κ1) is 14.1. The fourth-order valence-corrected chi connectivity index (χ4v) is 2.69. The molecule has 0 heterocycles. The minimum atomic E-state index is -4.23. The van der Waals surface area contributed by atoms with Crippen LogP contribution in [0.4, 0.5) is 5.69 Å². The summed E-state index contributed by atoms with van der Waals surface area (Å²) in [6, 6.07) is 11.7. The predicted octanol–water partition coefficient (Wildman–Crippen LogP) is 1.93. The van der Waals surface area contributed by atoms with Gasteiger partial charge in [-0.1, -0.05) is 41.3 Å². The summed E-state index contributed by atoms with van der Waals surface area (Å²) in [5.74, 6) is 0. The molecule has 7 nitrogen and oxygen atoms in total. The van der Waals surface area contributed by atoms with E-state index >= 15 is 0 Å². The third-order valence-corrected chi connectivity index (χ3v) is 3.83. The highest BCUT2D eigenvalue weighted by molar-refractivity contribution is 7.89. The van der Waals surface area contributed by atoms with Crippen LogP contribution in [0, 0.1) is 10.1 Å². The molecule has 0 amide bonds. The van der Waals surface area contributed by atoms with Crippen molar-refractivity contribution in [2.24, 2.45) is 0 Å². The molecule has 2 aromatic carbocycles. The zero-order valence-corrected chi connectivity index (χ0v) is 10.9. The molecular formula is C12H10N2O5S. The van der Waals surface area contributed by atoms with E-state index < -0.39 is 14.9 Å². The van der Waals surface area contributed by atoms with Crippen molar-refractivity contribution in [2.45, 2.75) is 4.90 Å². The first-order valence-corrected chi connectivity index (χ1v) is 6.94. The maximum absolute atomic E-state index is 11.8. The number of rotatable bonds is 4. The van der Waals surface area contributed by atoms with Crippen LogP contribution in [0.3, 0.4) is 0 Å². The highest BCUT2D eigenvalue weighted by Gasteiger charge is 2.26. The average molecular weight is 294 g/mol. The van der Waals surface area contributed by atoms with E-state index in [2.05, 4.69) is 0 Å². The molecule has 20 heavy (non-hydrogen) atoms. The molecule has 0 radical (unpaired) electrons. The molecule has 0 fully saturated rings. The molecule has 0 spiro atoms. The normalized spacial score (nSPS) is 11.2. The van der Waals surface area contributed by atoms with Crippen LogP contribution in [0.5, 0.6) is 0 Å². The van der Waals surface area contributed by atoms with Gasteiger partial charge in [-0.2, -0.15) is 0 Å². The molecule has 0 bridgehead atoms. The highest BCUT2D eigenvalue weighted by Crippen LogP contribution is 2.35. The van der Waals surface area contributed by atoms with Crippen molar-refractivity contribution in [3.63, 3.8) is 0 Å². The van der Waals surface area contributed by atoms with Crippen LogP contribution in [0.1, 0.15) is 0 Å². The minimum absolute atomic E-state index is 0.0698. The van der Waals surface area contributed by atoms with Crippen LogP contribution < -0.4 is 4.89 Å². The molecule has 0 aliphatic heterocycles. The summed E-state index contributed by atoms with van der Waals surface area (Å²) in [6.07, 6.45) is 0. The smallest absolute Gasteiger partial charge is 0.278 e. The van der Waals surface area contributed by atoms with Gasteiger partial charge < -0.3 is 5.21 Å². The second kappa shape index (κ2) is 5.37. The molecule has 2 N–H and O–H groups in total. The molecule has 0 aromatic heterocycles.